The van der Waals surface area contributed by atoms with Gasteiger partial charge >= 0.3 is 0 Å². The number of hydrogen-bond donors (Lipinski definition) is 3. The van der Waals surface area contributed by atoms with Crippen LogP contribution < -0.4 is 10.1 Å². The summed E-state index contributed by atoms with van der Waals surface area (Å²) in [5, 5.41) is 20.4. The van der Waals surface area contributed by atoms with Gasteiger partial charge in [-0.25, -0.2) is 0 Å². The molecule has 0 saturated carbocycles. The van der Waals surface area contributed by atoms with E-state index in [2.05, 4.69) is 5.32 Å². The zero-order chi connectivity index (χ0) is 13.0. The molecule has 5 nitrogen and oxygen atoms in total. The first-order valence-corrected chi connectivity index (χ1v) is 5.97. The predicted molar refractivity (Wildman–Crippen MR) is 65.2 cm³/mol. The number of hydrogen-bond acceptors (Lipinski definition) is 4. The number of aliphatic hydroxyl groups excluding tert-OH is 2. The minimum absolute atomic E-state index is 0.197. The molecule has 1 atom stereocenters. The number of rotatable bonds is 4. The normalized spacial score (nSPS) is 18.1. The Kier molecular flexibility index (Phi) is 4.17. The Hall–Kier alpha value is -1.59. The minimum Gasteiger partial charge on any atom is -0.492 e. The minimum atomic E-state index is -0.602. The molecular weight excluding hydrogens is 234 g/mol. The van der Waals surface area contributed by atoms with Crippen LogP contribution in [0.1, 0.15) is 5.56 Å². The molecule has 0 aromatic heterocycles. The van der Waals surface area contributed by atoms with E-state index in [1.807, 2.05) is 24.3 Å². The zero-order valence-electron chi connectivity index (χ0n) is 10.0. The van der Waals surface area contributed by atoms with Crippen molar-refractivity contribution in [2.45, 2.75) is 12.5 Å². The highest BCUT2D eigenvalue weighted by Crippen LogP contribution is 2.26. The van der Waals surface area contributed by atoms with Crippen LogP contribution in [-0.4, -0.2) is 42.0 Å². The molecule has 1 aromatic carbocycles. The fourth-order valence-corrected chi connectivity index (χ4v) is 1.96. The topological polar surface area (TPSA) is 78.8 Å². The summed E-state index contributed by atoms with van der Waals surface area (Å²) in [5.74, 6) is 0.348. The van der Waals surface area contributed by atoms with E-state index in [1.54, 1.807) is 0 Å². The predicted octanol–water partition coefficient (Wildman–Crippen LogP) is -0.293. The fourth-order valence-electron chi connectivity index (χ4n) is 1.96. The number of amides is 1. The van der Waals surface area contributed by atoms with Crippen molar-refractivity contribution in [2.75, 3.05) is 19.8 Å². The van der Waals surface area contributed by atoms with Crippen molar-refractivity contribution < 1.29 is 19.7 Å². The lowest BCUT2D eigenvalue weighted by atomic mass is 9.96. The van der Waals surface area contributed by atoms with Crippen LogP contribution in [0.15, 0.2) is 24.3 Å². The van der Waals surface area contributed by atoms with Gasteiger partial charge in [-0.1, -0.05) is 18.2 Å². The largest absolute Gasteiger partial charge is 0.492 e. The number of carbonyl (C=O) groups excluding carboxylic acids is 1. The Bertz CT molecular complexity index is 417. The Morgan fingerprint density at radius 2 is 2.11 bits per heavy atom. The third-order valence-corrected chi connectivity index (χ3v) is 3.04. The molecule has 5 heteroatoms. The molecule has 1 unspecified atom stereocenters. The molecule has 1 aliphatic rings. The van der Waals surface area contributed by atoms with Gasteiger partial charge in [-0.05, 0) is 18.1 Å². The summed E-state index contributed by atoms with van der Waals surface area (Å²) in [6.07, 6.45) is 0.617. The van der Waals surface area contributed by atoms with E-state index in [9.17, 15) is 4.79 Å². The van der Waals surface area contributed by atoms with Crippen LogP contribution in [-0.2, 0) is 11.2 Å². The molecule has 1 amide bonds. The number of aliphatic hydroxyl groups is 2. The van der Waals surface area contributed by atoms with Crippen LogP contribution >= 0.6 is 0 Å². The van der Waals surface area contributed by atoms with E-state index < -0.39 is 6.04 Å². The molecule has 18 heavy (non-hydrogen) atoms. The second-order valence-corrected chi connectivity index (χ2v) is 4.39. The van der Waals surface area contributed by atoms with E-state index in [0.717, 1.165) is 11.3 Å². The fraction of sp³-hybridized carbons (Fsp3) is 0.462. The molecule has 3 N–H and O–H groups in total. The van der Waals surface area contributed by atoms with Gasteiger partial charge in [0.05, 0.1) is 25.2 Å². The summed E-state index contributed by atoms with van der Waals surface area (Å²) in [6, 6.07) is 7.02. The van der Waals surface area contributed by atoms with Crippen molar-refractivity contribution in [1.29, 1.82) is 0 Å². The van der Waals surface area contributed by atoms with Gasteiger partial charge in [0.1, 0.15) is 12.4 Å². The molecule has 1 aliphatic heterocycles. The number of nitrogens with one attached hydrogen (secondary N) is 1. The lowest BCUT2D eigenvalue weighted by Crippen LogP contribution is -2.45. The maximum Gasteiger partial charge on any atom is 0.227 e. The first-order valence-electron chi connectivity index (χ1n) is 5.97. The third-order valence-electron chi connectivity index (χ3n) is 3.04. The maximum absolute atomic E-state index is 11.9. The van der Waals surface area contributed by atoms with Crippen molar-refractivity contribution in [3.63, 3.8) is 0 Å². The van der Waals surface area contributed by atoms with E-state index in [1.165, 1.54) is 0 Å². The number of para-hydroxylation sites is 1. The summed E-state index contributed by atoms with van der Waals surface area (Å²) in [4.78, 5) is 11.9. The molecule has 0 aliphatic carbocycles. The van der Waals surface area contributed by atoms with E-state index in [0.29, 0.717) is 13.0 Å². The van der Waals surface area contributed by atoms with Crippen LogP contribution in [0.5, 0.6) is 5.75 Å². The van der Waals surface area contributed by atoms with Crippen molar-refractivity contribution >= 4 is 5.91 Å². The number of benzene rings is 1. The molecule has 1 aromatic rings. The summed E-state index contributed by atoms with van der Waals surface area (Å²) >= 11 is 0. The maximum atomic E-state index is 11.9. The number of fused-ring (bicyclic) bond motifs is 1. The van der Waals surface area contributed by atoms with Crippen LogP contribution in [0.4, 0.5) is 0 Å². The number of ether oxygens (including phenoxy) is 1. The molecule has 1 heterocycles. The summed E-state index contributed by atoms with van der Waals surface area (Å²) in [7, 11) is 0. The van der Waals surface area contributed by atoms with Gasteiger partial charge in [-0.3, -0.25) is 4.79 Å². The Labute approximate surface area is 105 Å². The van der Waals surface area contributed by atoms with E-state index in [4.69, 9.17) is 14.9 Å². The van der Waals surface area contributed by atoms with Crippen LogP contribution in [0.25, 0.3) is 0 Å². The van der Waals surface area contributed by atoms with Gasteiger partial charge in [-0.15, -0.1) is 0 Å². The van der Waals surface area contributed by atoms with Gasteiger partial charge < -0.3 is 20.3 Å². The highest BCUT2D eigenvalue weighted by atomic mass is 16.5. The molecule has 2 rings (SSSR count). The van der Waals surface area contributed by atoms with E-state index >= 15 is 0 Å². The van der Waals surface area contributed by atoms with Crippen molar-refractivity contribution in [1.82, 2.24) is 5.32 Å². The van der Waals surface area contributed by atoms with Gasteiger partial charge in [-0.2, -0.15) is 0 Å². The third kappa shape index (κ3) is 2.80. The summed E-state index contributed by atoms with van der Waals surface area (Å²) in [5.41, 5.74) is 1.01. The molecule has 0 fully saturated rings. The lowest BCUT2D eigenvalue weighted by Gasteiger charge is -2.25. The van der Waals surface area contributed by atoms with Gasteiger partial charge in [0.15, 0.2) is 0 Å². The molecule has 0 spiro atoms. The average Bonchev–Trinajstić information content (AvgIpc) is 2.44. The average molecular weight is 251 g/mol. The second kappa shape index (κ2) is 5.84. The quantitative estimate of drug-likeness (QED) is 0.687. The molecule has 98 valence electrons. The van der Waals surface area contributed by atoms with Gasteiger partial charge in [0, 0.05) is 0 Å². The van der Waals surface area contributed by atoms with Crippen molar-refractivity contribution in [3.05, 3.63) is 29.8 Å². The first kappa shape index (κ1) is 12.9. The molecular formula is C13H17NO4. The molecule has 0 bridgehead atoms. The highest BCUT2D eigenvalue weighted by molar-refractivity contribution is 5.79. The summed E-state index contributed by atoms with van der Waals surface area (Å²) < 4.78 is 5.52. The lowest BCUT2D eigenvalue weighted by molar-refractivity contribution is -0.127. The molecule has 0 saturated heterocycles. The van der Waals surface area contributed by atoms with Crippen molar-refractivity contribution in [3.8, 4) is 5.75 Å². The Morgan fingerprint density at radius 1 is 1.39 bits per heavy atom. The van der Waals surface area contributed by atoms with Gasteiger partial charge in [0.25, 0.3) is 0 Å². The Balaban J connectivity index is 1.98. The first-order chi connectivity index (χ1) is 8.74. The SMILES string of the molecule is O=C(NC(CO)CO)C1COc2ccccc2C1. The van der Waals surface area contributed by atoms with Gasteiger partial charge in [0.2, 0.25) is 5.91 Å². The number of carbonyl (C=O) groups is 1. The Morgan fingerprint density at radius 3 is 2.83 bits per heavy atom. The second-order valence-electron chi connectivity index (χ2n) is 4.39. The smallest absolute Gasteiger partial charge is 0.227 e. The van der Waals surface area contributed by atoms with Crippen LogP contribution in [0.2, 0.25) is 0 Å². The van der Waals surface area contributed by atoms with Crippen LogP contribution in [0, 0.1) is 5.92 Å². The molecule has 0 radical (unpaired) electrons. The standard InChI is InChI=1S/C13H17NO4/c15-6-11(7-16)14-13(17)10-5-9-3-1-2-4-12(9)18-8-10/h1-4,10-11,15-16H,5-8H2,(H,14,17). The summed E-state index contributed by atoms with van der Waals surface area (Å²) in [6.45, 7) is -0.217. The van der Waals surface area contributed by atoms with Crippen molar-refractivity contribution in [2.24, 2.45) is 5.92 Å². The highest BCUT2D eigenvalue weighted by Gasteiger charge is 2.26. The van der Waals surface area contributed by atoms with E-state index in [-0.39, 0.29) is 25.0 Å². The van der Waals surface area contributed by atoms with Crippen LogP contribution in [0.3, 0.4) is 0 Å². The zero-order valence-corrected chi connectivity index (χ0v) is 10.0. The monoisotopic (exact) mass is 251 g/mol.